The largest absolute Gasteiger partial charge is 0.497 e. The van der Waals surface area contributed by atoms with Gasteiger partial charge in [0.25, 0.3) is 15.9 Å². The van der Waals surface area contributed by atoms with Gasteiger partial charge in [0.05, 0.1) is 18.6 Å². The topological polar surface area (TPSA) is 105 Å². The molecule has 0 spiro atoms. The van der Waals surface area contributed by atoms with Crippen molar-refractivity contribution in [2.24, 2.45) is 0 Å². The smallest absolute Gasteiger partial charge is 0.261 e. The molecular weight excluding hydrogens is 430 g/mol. The number of hydrogen-bond acceptors (Lipinski definition) is 5. The first kappa shape index (κ1) is 25.2. The Kier molecular flexibility index (Phi) is 9.07. The standard InChI is InChI=1S/C23H31N3O5S/c1-5-13-24-22(27)16-26(14-6-2)23(28)21-15-20(12-7-17(21)3)32(29,30)25-18-8-10-19(31-4)11-9-18/h7-12,15,25H,5-6,13-14,16H2,1-4H3,(H,24,27). The fraction of sp³-hybridized carbons (Fsp3) is 0.391. The summed E-state index contributed by atoms with van der Waals surface area (Å²) in [7, 11) is -2.39. The van der Waals surface area contributed by atoms with Gasteiger partial charge in [0.2, 0.25) is 5.91 Å². The van der Waals surface area contributed by atoms with Gasteiger partial charge >= 0.3 is 0 Å². The molecule has 0 bridgehead atoms. The Hall–Kier alpha value is -3.07. The van der Waals surface area contributed by atoms with Crippen molar-refractivity contribution in [3.63, 3.8) is 0 Å². The third kappa shape index (κ3) is 6.71. The van der Waals surface area contributed by atoms with E-state index in [2.05, 4.69) is 10.0 Å². The predicted octanol–water partition coefficient (Wildman–Crippen LogP) is 3.18. The van der Waals surface area contributed by atoms with Crippen molar-refractivity contribution < 1.29 is 22.7 Å². The van der Waals surface area contributed by atoms with Crippen LogP contribution in [-0.4, -0.2) is 51.9 Å². The Morgan fingerprint density at radius 1 is 1.03 bits per heavy atom. The minimum atomic E-state index is -3.92. The lowest BCUT2D eigenvalue weighted by Gasteiger charge is -2.23. The fourth-order valence-electron chi connectivity index (χ4n) is 3.06. The number of benzene rings is 2. The summed E-state index contributed by atoms with van der Waals surface area (Å²) in [6.45, 7) is 6.45. The molecular formula is C23H31N3O5S. The Morgan fingerprint density at radius 3 is 2.31 bits per heavy atom. The van der Waals surface area contributed by atoms with E-state index in [0.29, 0.717) is 36.5 Å². The number of amides is 2. The second-order valence-corrected chi connectivity index (χ2v) is 9.07. The van der Waals surface area contributed by atoms with Crippen LogP contribution >= 0.6 is 0 Å². The van der Waals surface area contributed by atoms with Gasteiger partial charge in [-0.25, -0.2) is 8.42 Å². The quantitative estimate of drug-likeness (QED) is 0.535. The minimum Gasteiger partial charge on any atom is -0.497 e. The van der Waals surface area contributed by atoms with E-state index in [-0.39, 0.29) is 28.8 Å². The van der Waals surface area contributed by atoms with Gasteiger partial charge in [-0.05, 0) is 61.7 Å². The molecule has 0 radical (unpaired) electrons. The van der Waals surface area contributed by atoms with Crippen LogP contribution in [0.5, 0.6) is 5.75 Å². The van der Waals surface area contributed by atoms with Crippen LogP contribution in [0.25, 0.3) is 0 Å². The van der Waals surface area contributed by atoms with E-state index in [9.17, 15) is 18.0 Å². The van der Waals surface area contributed by atoms with Gasteiger partial charge in [0, 0.05) is 24.3 Å². The molecule has 0 saturated heterocycles. The monoisotopic (exact) mass is 461 g/mol. The predicted molar refractivity (Wildman–Crippen MR) is 124 cm³/mol. The van der Waals surface area contributed by atoms with Gasteiger partial charge in [0.1, 0.15) is 5.75 Å². The highest BCUT2D eigenvalue weighted by Gasteiger charge is 2.23. The second kappa shape index (κ2) is 11.5. The van der Waals surface area contributed by atoms with Crippen molar-refractivity contribution in [1.29, 1.82) is 0 Å². The number of carbonyl (C=O) groups is 2. The van der Waals surface area contributed by atoms with Crippen LogP contribution in [0.15, 0.2) is 47.4 Å². The lowest BCUT2D eigenvalue weighted by atomic mass is 10.1. The summed E-state index contributed by atoms with van der Waals surface area (Å²) in [5, 5.41) is 2.77. The summed E-state index contributed by atoms with van der Waals surface area (Å²) in [4.78, 5) is 26.8. The zero-order valence-corrected chi connectivity index (χ0v) is 19.8. The van der Waals surface area contributed by atoms with Crippen LogP contribution < -0.4 is 14.8 Å². The number of anilines is 1. The Bertz CT molecular complexity index is 1040. The molecule has 174 valence electrons. The van der Waals surface area contributed by atoms with Crippen LogP contribution in [0, 0.1) is 6.92 Å². The molecule has 0 aliphatic carbocycles. The average molecular weight is 462 g/mol. The molecule has 0 aliphatic rings. The molecule has 0 aliphatic heterocycles. The van der Waals surface area contributed by atoms with Crippen molar-refractivity contribution in [2.75, 3.05) is 31.5 Å². The molecule has 32 heavy (non-hydrogen) atoms. The molecule has 2 rings (SSSR count). The molecule has 2 aromatic rings. The number of aryl methyl sites for hydroxylation is 1. The number of sulfonamides is 1. The molecule has 0 saturated carbocycles. The summed E-state index contributed by atoms with van der Waals surface area (Å²) in [5.41, 5.74) is 1.26. The van der Waals surface area contributed by atoms with Crippen LogP contribution in [0.1, 0.15) is 42.6 Å². The minimum absolute atomic E-state index is 0.0332. The highest BCUT2D eigenvalue weighted by molar-refractivity contribution is 7.92. The summed E-state index contributed by atoms with van der Waals surface area (Å²) in [5.74, 6) is -0.0103. The van der Waals surface area contributed by atoms with E-state index in [1.165, 1.54) is 24.1 Å². The molecule has 2 N–H and O–H groups in total. The van der Waals surface area contributed by atoms with Crippen molar-refractivity contribution in [2.45, 2.75) is 38.5 Å². The van der Waals surface area contributed by atoms with E-state index < -0.39 is 10.0 Å². The number of carbonyl (C=O) groups excluding carboxylic acids is 2. The maximum absolute atomic E-state index is 13.2. The maximum Gasteiger partial charge on any atom is 0.261 e. The lowest BCUT2D eigenvalue weighted by Crippen LogP contribution is -2.41. The van der Waals surface area contributed by atoms with E-state index in [0.717, 1.165) is 6.42 Å². The van der Waals surface area contributed by atoms with Crippen LogP contribution in [-0.2, 0) is 14.8 Å². The molecule has 0 fully saturated rings. The third-order valence-electron chi connectivity index (χ3n) is 4.78. The maximum atomic E-state index is 13.2. The number of rotatable bonds is 11. The van der Waals surface area contributed by atoms with Crippen molar-refractivity contribution in [3.8, 4) is 5.75 Å². The number of methoxy groups -OCH3 is 1. The molecule has 2 aromatic carbocycles. The zero-order chi connectivity index (χ0) is 23.7. The van der Waals surface area contributed by atoms with Gasteiger partial charge in [-0.15, -0.1) is 0 Å². The number of nitrogens with one attached hydrogen (secondary N) is 2. The van der Waals surface area contributed by atoms with Gasteiger partial charge in [-0.2, -0.15) is 0 Å². The molecule has 0 unspecified atom stereocenters. The molecule has 0 atom stereocenters. The number of ether oxygens (including phenoxy) is 1. The summed E-state index contributed by atoms with van der Waals surface area (Å²) >= 11 is 0. The second-order valence-electron chi connectivity index (χ2n) is 7.39. The molecule has 2 amide bonds. The van der Waals surface area contributed by atoms with Gasteiger partial charge < -0.3 is 15.0 Å². The summed E-state index contributed by atoms with van der Waals surface area (Å²) < 4.78 is 33.4. The highest BCUT2D eigenvalue weighted by atomic mass is 32.2. The van der Waals surface area contributed by atoms with Crippen LogP contribution in [0.3, 0.4) is 0 Å². The van der Waals surface area contributed by atoms with Crippen molar-refractivity contribution in [3.05, 3.63) is 53.6 Å². The highest BCUT2D eigenvalue weighted by Crippen LogP contribution is 2.22. The van der Waals surface area contributed by atoms with Crippen molar-refractivity contribution in [1.82, 2.24) is 10.2 Å². The first-order chi connectivity index (χ1) is 15.2. The lowest BCUT2D eigenvalue weighted by molar-refractivity contribution is -0.121. The van der Waals surface area contributed by atoms with E-state index in [1.807, 2.05) is 13.8 Å². The zero-order valence-electron chi connectivity index (χ0n) is 19.0. The first-order valence-electron chi connectivity index (χ1n) is 10.5. The van der Waals surface area contributed by atoms with Gasteiger partial charge in [-0.1, -0.05) is 19.9 Å². The Balaban J connectivity index is 2.28. The number of hydrogen-bond donors (Lipinski definition) is 2. The van der Waals surface area contributed by atoms with Crippen LogP contribution in [0.2, 0.25) is 0 Å². The molecule has 8 nitrogen and oxygen atoms in total. The average Bonchev–Trinajstić information content (AvgIpc) is 2.77. The molecule has 0 heterocycles. The first-order valence-corrected chi connectivity index (χ1v) is 12.0. The van der Waals surface area contributed by atoms with Crippen LogP contribution in [0.4, 0.5) is 5.69 Å². The summed E-state index contributed by atoms with van der Waals surface area (Å²) in [6, 6.07) is 10.9. The SMILES string of the molecule is CCCNC(=O)CN(CCC)C(=O)c1cc(S(=O)(=O)Nc2ccc(OC)cc2)ccc1C. The van der Waals surface area contributed by atoms with Gasteiger partial charge in [0.15, 0.2) is 0 Å². The summed E-state index contributed by atoms with van der Waals surface area (Å²) in [6.07, 6.45) is 1.47. The van der Waals surface area contributed by atoms with E-state index in [4.69, 9.17) is 4.74 Å². The van der Waals surface area contributed by atoms with Crippen molar-refractivity contribution >= 4 is 27.5 Å². The normalized spacial score (nSPS) is 11.0. The molecule has 0 aromatic heterocycles. The third-order valence-corrected chi connectivity index (χ3v) is 6.16. The molecule has 9 heteroatoms. The Labute approximate surface area is 190 Å². The Morgan fingerprint density at radius 2 is 1.72 bits per heavy atom. The van der Waals surface area contributed by atoms with E-state index >= 15 is 0 Å². The van der Waals surface area contributed by atoms with E-state index in [1.54, 1.807) is 37.3 Å². The number of nitrogens with zero attached hydrogens (tertiary/aromatic N) is 1. The van der Waals surface area contributed by atoms with Gasteiger partial charge in [-0.3, -0.25) is 14.3 Å². The fourth-order valence-corrected chi connectivity index (χ4v) is 4.14.